The highest BCUT2D eigenvalue weighted by Crippen LogP contribution is 2.33. The fourth-order valence-corrected chi connectivity index (χ4v) is 18.8. The summed E-state index contributed by atoms with van der Waals surface area (Å²) in [5.41, 5.74) is 5.04. The fourth-order valence-electron chi connectivity index (χ4n) is 18.8. The lowest BCUT2D eigenvalue weighted by molar-refractivity contribution is -0.132. The first-order chi connectivity index (χ1) is 67.0. The Bertz CT molecular complexity index is 5450. The molecule has 0 aromatic heterocycles. The molecule has 0 aliphatic heterocycles. The third-order valence-corrected chi connectivity index (χ3v) is 26.1. The predicted octanol–water partition coefficient (Wildman–Crippen LogP) is 17.8. The third kappa shape index (κ3) is 34.9. The first-order valence-electron chi connectivity index (χ1n) is 49.0. The SMILES string of the molecule is CC(C)C[C@H](CC(=O)[C@H](Cc1cccc2ccccc12)NC(=O)OCc1ccccc1)C(=O)N[C@@H](C[C@@H]1CCCCC1=O)C(O)C#N.CC(C)C[C@H](CC(=O)[C@H](Cc1cccc2ccccc12)NC(=O)OCc1ccccc1)C(=O)N[C@@H](C[C@@H]1CCCCC1=O)C(O)C#N.CC(C)C[C@H](CC(=O)[C@H](Cc1cccc2ccccc12)NC(=O)OCc1ccccc1)C(=O)N[C@H](C=O)C[C@@H]1CCCCC1=O. The summed E-state index contributed by atoms with van der Waals surface area (Å²) in [6.07, 6.45) is 6.01. The van der Waals surface area contributed by atoms with Crippen LogP contribution in [0.3, 0.4) is 0 Å². The molecule has 6 amide bonds. The Morgan fingerprint density at radius 3 is 0.914 bits per heavy atom. The molecule has 0 radical (unpaired) electrons. The molecule has 139 heavy (non-hydrogen) atoms. The van der Waals surface area contributed by atoms with Crippen LogP contribution in [0.2, 0.25) is 0 Å². The van der Waals surface area contributed by atoms with Crippen molar-refractivity contribution >= 4 is 109 Å². The molecule has 2 unspecified atom stereocenters. The van der Waals surface area contributed by atoms with Crippen LogP contribution in [-0.4, -0.2) is 136 Å². The molecule has 9 aromatic carbocycles. The van der Waals surface area contributed by atoms with Gasteiger partial charge in [-0.3, -0.25) is 43.2 Å². The quantitative estimate of drug-likeness (QED) is 0.00998. The second kappa shape index (κ2) is 55.8. The standard InChI is InChI=1S/2C38H45N3O6.C37H44N2O6/c2*1-25(2)19-30(37(45)40-33(36(44)23-39)21-29-14-7-9-18-34(29)42)22-35(43)32(41-38(46)47-24-26-11-4-3-5-12-26)20-28-16-10-15-27-13-6-8-17-31(27)28;1-25(2)19-30(36(43)38-31(23-40)20-29-14-7-9-18-34(29)41)22-35(42)33(39-37(44)45-24-26-11-4-3-5-12-26)21-28-16-10-15-27-13-6-8-17-32(27)28/h2*3-6,8,10-13,15-17,25,29-30,32-33,36,44H,7,9,14,18-22,24H2,1-2H3,(H,40,45)(H,41,46);3-6,8,10-13,15-17,23,25,29-31,33H,7,9,14,18-22,24H2,1-2H3,(H,38,43)(H,39,44)/t2*29-,30+,32-,33-,36?;29-,30+,31-,33-/m000/s1. The van der Waals surface area contributed by atoms with E-state index in [0.29, 0.717) is 57.7 Å². The van der Waals surface area contributed by atoms with Gasteiger partial charge >= 0.3 is 18.3 Å². The van der Waals surface area contributed by atoms with Crippen LogP contribution in [0, 0.1) is 75.9 Å². The molecule has 0 saturated heterocycles. The van der Waals surface area contributed by atoms with E-state index in [1.165, 1.54) is 0 Å². The van der Waals surface area contributed by atoms with Gasteiger partial charge in [0, 0.05) is 93.3 Å². The van der Waals surface area contributed by atoms with E-state index < -0.39 is 102 Å². The van der Waals surface area contributed by atoms with E-state index in [-0.39, 0.29) is 148 Å². The molecule has 3 fully saturated rings. The molecular formula is C113H134N8O18. The number of hydrogen-bond donors (Lipinski definition) is 8. The van der Waals surface area contributed by atoms with Crippen LogP contribution in [0.4, 0.5) is 14.4 Å². The van der Waals surface area contributed by atoms with Gasteiger partial charge in [0.1, 0.15) is 43.5 Å². The lowest BCUT2D eigenvalue weighted by Gasteiger charge is -2.29. The van der Waals surface area contributed by atoms with Crippen molar-refractivity contribution in [3.05, 3.63) is 252 Å². The van der Waals surface area contributed by atoms with Gasteiger partial charge in [0.15, 0.2) is 29.6 Å². The van der Waals surface area contributed by atoms with Crippen LogP contribution >= 0.6 is 0 Å². The highest BCUT2D eigenvalue weighted by Gasteiger charge is 2.39. The molecule has 8 N–H and O–H groups in total. The van der Waals surface area contributed by atoms with Gasteiger partial charge in [-0.2, -0.15) is 10.5 Å². The van der Waals surface area contributed by atoms with Gasteiger partial charge in [-0.15, -0.1) is 0 Å². The van der Waals surface area contributed by atoms with E-state index in [4.69, 9.17) is 14.2 Å². The Morgan fingerprint density at radius 1 is 0.360 bits per heavy atom. The number of aldehydes is 1. The molecule has 26 nitrogen and oxygen atoms in total. The topological polar surface area (TPSA) is 410 Å². The van der Waals surface area contributed by atoms with Gasteiger partial charge in [0.25, 0.3) is 0 Å². The zero-order valence-electron chi connectivity index (χ0n) is 80.6. The minimum atomic E-state index is -1.50. The Balaban J connectivity index is 0.000000215. The van der Waals surface area contributed by atoms with Crippen molar-refractivity contribution < 1.29 is 86.8 Å². The number of nitrogens with one attached hydrogen (secondary N) is 6. The van der Waals surface area contributed by atoms with E-state index in [1.807, 2.05) is 260 Å². The van der Waals surface area contributed by atoms with E-state index in [9.17, 15) is 83.1 Å². The second-order valence-electron chi connectivity index (χ2n) is 38.4. The average Bonchev–Trinajstić information content (AvgIpc) is 0.958. The van der Waals surface area contributed by atoms with Crippen LogP contribution in [0.5, 0.6) is 0 Å². The minimum Gasteiger partial charge on any atom is -0.445 e. The number of benzene rings is 9. The van der Waals surface area contributed by atoms with Crippen molar-refractivity contribution in [2.45, 2.75) is 264 Å². The first kappa shape index (κ1) is 108. The molecule has 26 heteroatoms. The maximum atomic E-state index is 14.0. The maximum absolute atomic E-state index is 14.0. The van der Waals surface area contributed by atoms with Crippen LogP contribution in [0.25, 0.3) is 32.3 Å². The van der Waals surface area contributed by atoms with E-state index >= 15 is 0 Å². The third-order valence-electron chi connectivity index (χ3n) is 26.1. The number of hydrogen-bond acceptors (Lipinski definition) is 20. The molecule has 734 valence electrons. The normalized spacial score (nSPS) is 17.1. The van der Waals surface area contributed by atoms with Crippen molar-refractivity contribution in [3.8, 4) is 12.1 Å². The summed E-state index contributed by atoms with van der Waals surface area (Å²) >= 11 is 0. The molecule has 3 aliphatic carbocycles. The van der Waals surface area contributed by atoms with Crippen LogP contribution < -0.4 is 31.9 Å². The summed E-state index contributed by atoms with van der Waals surface area (Å²) < 4.78 is 16.4. The summed E-state index contributed by atoms with van der Waals surface area (Å²) in [5.74, 6) is -4.99. The lowest BCUT2D eigenvalue weighted by Crippen LogP contribution is -2.49. The molecular weight excluding hydrogens is 1760 g/mol. The largest absolute Gasteiger partial charge is 0.445 e. The number of nitrogens with zero attached hydrogens (tertiary/aromatic N) is 2. The molecule has 9 aromatic rings. The molecule has 12 rings (SSSR count). The van der Waals surface area contributed by atoms with Gasteiger partial charge in [0.05, 0.1) is 48.4 Å². The molecule has 3 saturated carbocycles. The van der Waals surface area contributed by atoms with Crippen molar-refractivity contribution in [1.82, 2.24) is 31.9 Å². The Hall–Kier alpha value is -13.4. The van der Waals surface area contributed by atoms with Crippen LogP contribution in [0.15, 0.2) is 218 Å². The van der Waals surface area contributed by atoms with Crippen LogP contribution in [0.1, 0.15) is 210 Å². The zero-order chi connectivity index (χ0) is 99.7. The monoisotopic (exact) mass is 1890 g/mol. The number of aliphatic hydroxyl groups is 2. The number of rotatable bonds is 45. The van der Waals surface area contributed by atoms with Crippen molar-refractivity contribution in [1.29, 1.82) is 10.5 Å². The molecule has 14 atom stereocenters. The zero-order valence-corrected chi connectivity index (χ0v) is 80.6. The van der Waals surface area contributed by atoms with Crippen molar-refractivity contribution in [2.75, 3.05) is 0 Å². The van der Waals surface area contributed by atoms with Gasteiger partial charge in [-0.1, -0.05) is 279 Å². The Labute approximate surface area is 815 Å². The number of nitriles is 2. The number of alkyl carbamates (subject to hydrolysis) is 3. The molecule has 0 bridgehead atoms. The van der Waals surface area contributed by atoms with Crippen LogP contribution in [-0.2, 0) is 101 Å². The number of amides is 6. The smallest absolute Gasteiger partial charge is 0.408 e. The van der Waals surface area contributed by atoms with Crippen molar-refractivity contribution in [2.24, 2.45) is 53.3 Å². The summed E-state index contributed by atoms with van der Waals surface area (Å²) in [6.45, 7) is 11.8. The minimum absolute atomic E-state index is 0.0341. The van der Waals surface area contributed by atoms with Gasteiger partial charge < -0.3 is 61.1 Å². The number of ketones is 6. The van der Waals surface area contributed by atoms with Gasteiger partial charge in [-0.25, -0.2) is 14.4 Å². The summed E-state index contributed by atoms with van der Waals surface area (Å²) in [5, 5.41) is 62.6. The van der Waals surface area contributed by atoms with E-state index in [2.05, 4.69) is 31.9 Å². The van der Waals surface area contributed by atoms with Crippen molar-refractivity contribution in [3.63, 3.8) is 0 Å². The molecule has 0 heterocycles. The Kier molecular flexibility index (Phi) is 43.2. The highest BCUT2D eigenvalue weighted by atomic mass is 16.6. The highest BCUT2D eigenvalue weighted by molar-refractivity contribution is 5.97. The average molecular weight is 1890 g/mol. The second-order valence-corrected chi connectivity index (χ2v) is 38.4. The Morgan fingerprint density at radius 2 is 0.633 bits per heavy atom. The molecule has 3 aliphatic rings. The predicted molar refractivity (Wildman–Crippen MR) is 531 cm³/mol. The summed E-state index contributed by atoms with van der Waals surface area (Å²) in [4.78, 5) is 171. The summed E-state index contributed by atoms with van der Waals surface area (Å²) in [6, 6.07) is 66.6. The number of Topliss-reactive ketones (excluding diaryl/α,β-unsaturated/α-hetero) is 6. The number of fused-ring (bicyclic) bond motifs is 3. The number of ether oxygens (including phenoxy) is 3. The summed E-state index contributed by atoms with van der Waals surface area (Å²) in [7, 11) is 0. The van der Waals surface area contributed by atoms with Gasteiger partial charge in [0.2, 0.25) is 17.7 Å². The van der Waals surface area contributed by atoms with E-state index in [1.54, 1.807) is 12.1 Å². The number of carbonyl (C=O) groups is 13. The van der Waals surface area contributed by atoms with E-state index in [0.717, 1.165) is 111 Å². The fraction of sp³-hybridized carbons (Fsp3) is 0.442. The first-order valence-corrected chi connectivity index (χ1v) is 49.0. The van der Waals surface area contributed by atoms with Gasteiger partial charge in [-0.05, 0) is 161 Å². The molecule has 0 spiro atoms. The number of carbonyl (C=O) groups excluding carboxylic acids is 13. The lowest BCUT2D eigenvalue weighted by atomic mass is 9.82. The maximum Gasteiger partial charge on any atom is 0.408 e. The number of aliphatic hydroxyl groups excluding tert-OH is 2.